The second kappa shape index (κ2) is 8.88. The largest absolute Gasteiger partial charge is 0.314 e. The Bertz CT molecular complexity index is 329. The van der Waals surface area contributed by atoms with Gasteiger partial charge in [-0.3, -0.25) is 0 Å². The highest BCUT2D eigenvalue weighted by Crippen LogP contribution is 2.54. The van der Waals surface area contributed by atoms with Crippen molar-refractivity contribution in [1.29, 1.82) is 0 Å². The van der Waals surface area contributed by atoms with E-state index in [1.807, 2.05) is 0 Å². The maximum Gasteiger partial charge on any atom is 0.00791 e. The predicted molar refractivity (Wildman–Crippen MR) is 103 cm³/mol. The molecule has 1 saturated carbocycles. The first-order chi connectivity index (χ1) is 11.1. The molecular weight excluding hydrogens is 278 g/mol. The molecule has 1 heterocycles. The molecule has 0 aromatic rings. The van der Waals surface area contributed by atoms with Crippen molar-refractivity contribution in [2.75, 3.05) is 6.54 Å². The zero-order chi connectivity index (χ0) is 16.9. The van der Waals surface area contributed by atoms with Crippen LogP contribution in [0.3, 0.4) is 0 Å². The predicted octanol–water partition coefficient (Wildman–Crippen LogP) is 6.42. The smallest absolute Gasteiger partial charge is 0.00791 e. The van der Waals surface area contributed by atoms with Crippen molar-refractivity contribution in [2.24, 2.45) is 29.1 Å². The lowest BCUT2D eigenvalue weighted by atomic mass is 9.72. The molecule has 0 aromatic heterocycles. The van der Waals surface area contributed by atoms with Crippen LogP contribution < -0.4 is 5.32 Å². The van der Waals surface area contributed by atoms with Gasteiger partial charge in [0.25, 0.3) is 0 Å². The highest BCUT2D eigenvalue weighted by Gasteiger charge is 2.45. The third-order valence-corrected chi connectivity index (χ3v) is 7.87. The van der Waals surface area contributed by atoms with Crippen LogP contribution in [-0.2, 0) is 0 Å². The highest BCUT2D eigenvalue weighted by atomic mass is 15.0. The van der Waals surface area contributed by atoms with Gasteiger partial charge in [-0.25, -0.2) is 0 Å². The number of rotatable bonds is 10. The molecule has 0 spiro atoms. The van der Waals surface area contributed by atoms with Crippen LogP contribution in [0.5, 0.6) is 0 Å². The molecule has 2 rings (SSSR count). The first kappa shape index (κ1) is 19.3. The van der Waals surface area contributed by atoms with Crippen molar-refractivity contribution in [2.45, 2.75) is 105 Å². The molecule has 1 N–H and O–H groups in total. The van der Waals surface area contributed by atoms with Gasteiger partial charge < -0.3 is 5.32 Å². The molecule has 1 aliphatic heterocycles. The molecule has 1 heteroatoms. The van der Waals surface area contributed by atoms with Crippen LogP contribution in [0.2, 0.25) is 0 Å². The molecule has 2 aliphatic rings. The molecule has 0 radical (unpaired) electrons. The third kappa shape index (κ3) is 4.53. The summed E-state index contributed by atoms with van der Waals surface area (Å²) in [6.45, 7) is 13.6. The van der Waals surface area contributed by atoms with E-state index in [0.717, 1.165) is 29.7 Å². The molecule has 0 bridgehead atoms. The second-order valence-corrected chi connectivity index (χ2v) is 8.97. The van der Waals surface area contributed by atoms with Crippen molar-refractivity contribution in [3.05, 3.63) is 0 Å². The van der Waals surface area contributed by atoms with E-state index < -0.39 is 0 Å². The average Bonchev–Trinajstić information content (AvgIpc) is 2.82. The van der Waals surface area contributed by atoms with Gasteiger partial charge in [0.05, 0.1) is 0 Å². The second-order valence-electron chi connectivity index (χ2n) is 8.97. The monoisotopic (exact) mass is 321 g/mol. The minimum atomic E-state index is 0.657. The fourth-order valence-electron chi connectivity index (χ4n) is 5.92. The van der Waals surface area contributed by atoms with Crippen LogP contribution in [0.15, 0.2) is 0 Å². The summed E-state index contributed by atoms with van der Waals surface area (Å²) in [6.07, 6.45) is 14.4. The van der Waals surface area contributed by atoms with Crippen molar-refractivity contribution >= 4 is 0 Å². The number of hydrogen-bond donors (Lipinski definition) is 1. The third-order valence-electron chi connectivity index (χ3n) is 7.87. The van der Waals surface area contributed by atoms with Crippen LogP contribution in [-0.4, -0.2) is 12.6 Å². The van der Waals surface area contributed by atoms with Gasteiger partial charge in [-0.05, 0) is 67.7 Å². The van der Waals surface area contributed by atoms with E-state index in [-0.39, 0.29) is 0 Å². The zero-order valence-electron chi connectivity index (χ0n) is 16.7. The Morgan fingerprint density at radius 3 is 2.30 bits per heavy atom. The minimum absolute atomic E-state index is 0.657. The fraction of sp³-hybridized carbons (Fsp3) is 1.00. The van der Waals surface area contributed by atoms with Gasteiger partial charge >= 0.3 is 0 Å². The topological polar surface area (TPSA) is 12.0 Å². The maximum atomic E-state index is 3.58. The van der Waals surface area contributed by atoms with Crippen molar-refractivity contribution in [3.63, 3.8) is 0 Å². The van der Waals surface area contributed by atoms with E-state index in [1.54, 1.807) is 0 Å². The van der Waals surface area contributed by atoms with E-state index in [4.69, 9.17) is 0 Å². The Balaban J connectivity index is 1.95. The summed E-state index contributed by atoms with van der Waals surface area (Å²) in [4.78, 5) is 0. The molecule has 0 aromatic carbocycles. The fourth-order valence-corrected chi connectivity index (χ4v) is 5.92. The van der Waals surface area contributed by atoms with E-state index >= 15 is 0 Å². The van der Waals surface area contributed by atoms with Crippen LogP contribution >= 0.6 is 0 Å². The molecular formula is C22H43N. The Hall–Kier alpha value is -0.0400. The summed E-state index contributed by atoms with van der Waals surface area (Å²) in [5.41, 5.74) is 0.657. The molecule has 2 fully saturated rings. The van der Waals surface area contributed by atoms with Crippen molar-refractivity contribution in [3.8, 4) is 0 Å². The molecule has 0 amide bonds. The van der Waals surface area contributed by atoms with Crippen molar-refractivity contribution < 1.29 is 0 Å². The summed E-state index contributed by atoms with van der Waals surface area (Å²) in [7, 11) is 0. The summed E-state index contributed by atoms with van der Waals surface area (Å²) in [5.74, 6) is 3.85. The van der Waals surface area contributed by atoms with Crippen LogP contribution in [0.25, 0.3) is 0 Å². The standard InChI is InChI=1S/C22H43N/c1-6-10-17(4)21(12-9-11-20-13-14-23-20)19-15-18(5)22(7-2,8-3)16-19/h17-21,23H,6-16H2,1-5H3. The minimum Gasteiger partial charge on any atom is -0.314 e. The molecule has 1 saturated heterocycles. The normalized spacial score (nSPS) is 32.5. The summed E-state index contributed by atoms with van der Waals surface area (Å²) in [5, 5.41) is 3.58. The van der Waals surface area contributed by atoms with E-state index in [0.29, 0.717) is 5.41 Å². The Kier molecular flexibility index (Phi) is 7.45. The lowest BCUT2D eigenvalue weighted by Gasteiger charge is -2.34. The van der Waals surface area contributed by atoms with Gasteiger partial charge in [0, 0.05) is 6.04 Å². The molecule has 136 valence electrons. The van der Waals surface area contributed by atoms with Gasteiger partial charge in [-0.15, -0.1) is 0 Å². The Morgan fingerprint density at radius 2 is 1.83 bits per heavy atom. The maximum absolute atomic E-state index is 3.58. The van der Waals surface area contributed by atoms with Crippen LogP contribution in [0.1, 0.15) is 98.8 Å². The lowest BCUT2D eigenvalue weighted by Crippen LogP contribution is -2.42. The first-order valence-corrected chi connectivity index (χ1v) is 10.8. The molecule has 5 unspecified atom stereocenters. The van der Waals surface area contributed by atoms with Gasteiger partial charge in [0.15, 0.2) is 0 Å². The number of nitrogens with one attached hydrogen (secondary N) is 1. The average molecular weight is 322 g/mol. The quantitative estimate of drug-likeness (QED) is 0.489. The lowest BCUT2D eigenvalue weighted by molar-refractivity contribution is 0.167. The van der Waals surface area contributed by atoms with E-state index in [9.17, 15) is 0 Å². The Labute approximate surface area is 146 Å². The summed E-state index contributed by atoms with van der Waals surface area (Å²) < 4.78 is 0. The van der Waals surface area contributed by atoms with Gasteiger partial charge in [0.2, 0.25) is 0 Å². The molecule has 1 aliphatic carbocycles. The molecule has 1 nitrogen and oxygen atoms in total. The van der Waals surface area contributed by atoms with E-state index in [1.165, 1.54) is 70.8 Å². The molecule has 5 atom stereocenters. The molecule has 23 heavy (non-hydrogen) atoms. The number of hydrogen-bond acceptors (Lipinski definition) is 1. The van der Waals surface area contributed by atoms with Gasteiger partial charge in [0.1, 0.15) is 0 Å². The summed E-state index contributed by atoms with van der Waals surface area (Å²) >= 11 is 0. The van der Waals surface area contributed by atoms with E-state index in [2.05, 4.69) is 39.9 Å². The van der Waals surface area contributed by atoms with Crippen LogP contribution in [0, 0.1) is 29.1 Å². The first-order valence-electron chi connectivity index (χ1n) is 10.8. The highest BCUT2D eigenvalue weighted by molar-refractivity contribution is 4.95. The van der Waals surface area contributed by atoms with Crippen molar-refractivity contribution in [1.82, 2.24) is 5.32 Å². The zero-order valence-corrected chi connectivity index (χ0v) is 16.7. The SMILES string of the molecule is CCCC(C)C(CCCC1CCN1)C1CC(C)C(CC)(CC)C1. The van der Waals surface area contributed by atoms with Gasteiger partial charge in [-0.2, -0.15) is 0 Å². The Morgan fingerprint density at radius 1 is 1.13 bits per heavy atom. The summed E-state index contributed by atoms with van der Waals surface area (Å²) in [6, 6.07) is 0.852. The van der Waals surface area contributed by atoms with Gasteiger partial charge in [-0.1, -0.05) is 66.7 Å². The van der Waals surface area contributed by atoms with Crippen LogP contribution in [0.4, 0.5) is 0 Å².